The number of nitrogens with one attached hydrogen (secondary N) is 2. The zero-order valence-electron chi connectivity index (χ0n) is 14.0. The molecule has 0 aromatic heterocycles. The summed E-state index contributed by atoms with van der Waals surface area (Å²) in [5, 5.41) is 5.66. The molecule has 0 heterocycles. The van der Waals surface area contributed by atoms with Gasteiger partial charge in [-0.3, -0.25) is 9.79 Å². The normalized spacial score (nSPS) is 11.0. The molecular weight excluding hydrogens is 323 g/mol. The summed E-state index contributed by atoms with van der Waals surface area (Å²) in [5.41, 5.74) is 7.15. The molecule has 0 saturated heterocycles. The summed E-state index contributed by atoms with van der Waals surface area (Å²) in [4.78, 5) is 15.9. The minimum absolute atomic E-state index is 0.121. The fourth-order valence-corrected chi connectivity index (χ4v) is 2.19. The van der Waals surface area contributed by atoms with Crippen molar-refractivity contribution in [2.24, 2.45) is 10.7 Å². The van der Waals surface area contributed by atoms with Crippen molar-refractivity contribution in [3.8, 4) is 5.75 Å². The Morgan fingerprint density at radius 1 is 1.24 bits per heavy atom. The number of nitrogens with zero attached hydrogens (tertiary/aromatic N) is 1. The highest BCUT2D eigenvalue weighted by Gasteiger charge is 2.04. The zero-order chi connectivity index (χ0) is 18.1. The first-order chi connectivity index (χ1) is 12.1. The standard InChI is InChI=1S/C18H21FN4O2/c1-25-16-8-3-2-7-15(16)23-18(20)22-10-9-21-17(24)12-13-5-4-6-14(19)11-13/h2-8,11H,9-10,12H2,1H3,(H,21,24)(H3,20,22,23). The molecule has 0 aliphatic heterocycles. The van der Waals surface area contributed by atoms with Crippen molar-refractivity contribution in [2.75, 3.05) is 25.5 Å². The summed E-state index contributed by atoms with van der Waals surface area (Å²) in [6.07, 6.45) is 0.121. The third-order valence-corrected chi connectivity index (χ3v) is 3.34. The minimum atomic E-state index is -0.356. The van der Waals surface area contributed by atoms with Gasteiger partial charge in [-0.1, -0.05) is 24.3 Å². The maximum absolute atomic E-state index is 13.1. The molecule has 0 aliphatic carbocycles. The number of guanidine groups is 1. The highest BCUT2D eigenvalue weighted by Crippen LogP contribution is 2.22. The number of hydrogen-bond acceptors (Lipinski definition) is 3. The lowest BCUT2D eigenvalue weighted by Crippen LogP contribution is -2.29. The Balaban J connectivity index is 1.75. The topological polar surface area (TPSA) is 88.7 Å². The van der Waals surface area contributed by atoms with Crippen molar-refractivity contribution in [3.63, 3.8) is 0 Å². The summed E-state index contributed by atoms with van der Waals surface area (Å²) in [7, 11) is 1.57. The first kappa shape index (κ1) is 18.3. The average molecular weight is 344 g/mol. The van der Waals surface area contributed by atoms with Crippen molar-refractivity contribution in [2.45, 2.75) is 6.42 Å². The molecule has 0 spiro atoms. The number of amides is 1. The number of halogens is 1. The molecule has 0 bridgehead atoms. The summed E-state index contributed by atoms with van der Waals surface area (Å²) in [5.74, 6) is 0.329. The molecule has 0 radical (unpaired) electrons. The number of carbonyl (C=O) groups is 1. The highest BCUT2D eigenvalue weighted by atomic mass is 19.1. The van der Waals surface area contributed by atoms with Gasteiger partial charge in [0, 0.05) is 6.54 Å². The van der Waals surface area contributed by atoms with Gasteiger partial charge in [0.2, 0.25) is 5.91 Å². The molecule has 2 aromatic carbocycles. The quantitative estimate of drug-likeness (QED) is 0.407. The molecule has 25 heavy (non-hydrogen) atoms. The number of benzene rings is 2. The van der Waals surface area contributed by atoms with Gasteiger partial charge in [0.05, 0.1) is 25.8 Å². The Labute approximate surface area is 145 Å². The molecule has 132 valence electrons. The predicted octanol–water partition coefficient (Wildman–Crippen LogP) is 1.92. The maximum atomic E-state index is 13.1. The second kappa shape index (κ2) is 9.27. The molecule has 0 unspecified atom stereocenters. The number of anilines is 1. The maximum Gasteiger partial charge on any atom is 0.224 e. The van der Waals surface area contributed by atoms with E-state index in [4.69, 9.17) is 10.5 Å². The molecule has 4 N–H and O–H groups in total. The van der Waals surface area contributed by atoms with Crippen LogP contribution in [0.15, 0.2) is 53.5 Å². The van der Waals surface area contributed by atoms with Crippen molar-refractivity contribution < 1.29 is 13.9 Å². The van der Waals surface area contributed by atoms with E-state index in [1.807, 2.05) is 24.3 Å². The van der Waals surface area contributed by atoms with E-state index in [9.17, 15) is 9.18 Å². The molecule has 2 aromatic rings. The number of hydrogen-bond donors (Lipinski definition) is 3. The van der Waals surface area contributed by atoms with Gasteiger partial charge in [0.25, 0.3) is 0 Å². The van der Waals surface area contributed by atoms with Gasteiger partial charge in [-0.15, -0.1) is 0 Å². The van der Waals surface area contributed by atoms with Crippen molar-refractivity contribution in [3.05, 3.63) is 59.9 Å². The van der Waals surface area contributed by atoms with Gasteiger partial charge in [-0.2, -0.15) is 0 Å². The summed E-state index contributed by atoms with van der Waals surface area (Å²) < 4.78 is 18.3. The summed E-state index contributed by atoms with van der Waals surface area (Å²) in [6.45, 7) is 0.658. The minimum Gasteiger partial charge on any atom is -0.495 e. The van der Waals surface area contributed by atoms with Crippen LogP contribution < -0.4 is 21.1 Å². The van der Waals surface area contributed by atoms with Crippen LogP contribution in [0, 0.1) is 5.82 Å². The molecule has 1 amide bonds. The molecule has 0 aliphatic rings. The molecule has 7 heteroatoms. The predicted molar refractivity (Wildman–Crippen MR) is 96.2 cm³/mol. The van der Waals surface area contributed by atoms with E-state index >= 15 is 0 Å². The second-order valence-electron chi connectivity index (χ2n) is 5.25. The fraction of sp³-hybridized carbons (Fsp3) is 0.222. The molecule has 6 nitrogen and oxygen atoms in total. The number of methoxy groups -OCH3 is 1. The third-order valence-electron chi connectivity index (χ3n) is 3.34. The summed E-state index contributed by atoms with van der Waals surface area (Å²) in [6, 6.07) is 13.3. The lowest BCUT2D eigenvalue weighted by molar-refractivity contribution is -0.120. The Morgan fingerprint density at radius 2 is 2.04 bits per heavy atom. The Hall–Kier alpha value is -3.09. The SMILES string of the molecule is COc1ccccc1NC(N)=NCCNC(=O)Cc1cccc(F)c1. The number of rotatable bonds is 7. The van der Waals surface area contributed by atoms with Gasteiger partial charge >= 0.3 is 0 Å². The highest BCUT2D eigenvalue weighted by molar-refractivity contribution is 5.93. The van der Waals surface area contributed by atoms with Crippen LogP contribution in [0.4, 0.5) is 10.1 Å². The molecule has 0 atom stereocenters. The molecule has 2 rings (SSSR count). The van der Waals surface area contributed by atoms with Crippen LogP contribution >= 0.6 is 0 Å². The van der Waals surface area contributed by atoms with Gasteiger partial charge in [0.1, 0.15) is 11.6 Å². The van der Waals surface area contributed by atoms with Gasteiger partial charge in [-0.25, -0.2) is 4.39 Å². The number of ether oxygens (including phenoxy) is 1. The van der Waals surface area contributed by atoms with Crippen molar-refractivity contribution >= 4 is 17.6 Å². The van der Waals surface area contributed by atoms with Crippen LogP contribution in [-0.2, 0) is 11.2 Å². The van der Waals surface area contributed by atoms with Gasteiger partial charge in [-0.05, 0) is 29.8 Å². The molecular formula is C18H21FN4O2. The van der Waals surface area contributed by atoms with Crippen LogP contribution in [0.3, 0.4) is 0 Å². The number of carbonyl (C=O) groups excluding carboxylic acids is 1. The van der Waals surface area contributed by atoms with E-state index in [1.54, 1.807) is 19.2 Å². The van der Waals surface area contributed by atoms with Gasteiger partial charge < -0.3 is 21.1 Å². The molecule has 0 saturated carbocycles. The van der Waals surface area contributed by atoms with Crippen molar-refractivity contribution in [1.82, 2.24) is 5.32 Å². The van der Waals surface area contributed by atoms with Crippen LogP contribution in [0.5, 0.6) is 5.75 Å². The van der Waals surface area contributed by atoms with Crippen LogP contribution in [-0.4, -0.2) is 32.1 Å². The second-order valence-corrected chi connectivity index (χ2v) is 5.25. The first-order valence-corrected chi connectivity index (χ1v) is 7.79. The van der Waals surface area contributed by atoms with E-state index in [2.05, 4.69) is 15.6 Å². The average Bonchev–Trinajstić information content (AvgIpc) is 2.59. The van der Waals surface area contributed by atoms with Crippen LogP contribution in [0.2, 0.25) is 0 Å². The van der Waals surface area contributed by atoms with E-state index < -0.39 is 0 Å². The smallest absolute Gasteiger partial charge is 0.224 e. The Kier molecular flexibility index (Phi) is 6.76. The number of nitrogens with two attached hydrogens (primary N) is 1. The van der Waals surface area contributed by atoms with E-state index in [0.29, 0.717) is 30.1 Å². The summed E-state index contributed by atoms with van der Waals surface area (Å²) >= 11 is 0. The monoisotopic (exact) mass is 344 g/mol. The molecule has 0 fully saturated rings. The van der Waals surface area contributed by atoms with Crippen LogP contribution in [0.1, 0.15) is 5.56 Å². The number of aliphatic imine (C=N–C) groups is 1. The Morgan fingerprint density at radius 3 is 2.80 bits per heavy atom. The van der Waals surface area contributed by atoms with Crippen LogP contribution in [0.25, 0.3) is 0 Å². The van der Waals surface area contributed by atoms with Crippen molar-refractivity contribution in [1.29, 1.82) is 0 Å². The van der Waals surface area contributed by atoms with E-state index in [1.165, 1.54) is 12.1 Å². The fourth-order valence-electron chi connectivity index (χ4n) is 2.19. The third kappa shape index (κ3) is 6.14. The number of para-hydroxylation sites is 2. The Bertz CT molecular complexity index is 749. The van der Waals surface area contributed by atoms with E-state index in [-0.39, 0.29) is 24.1 Å². The lowest BCUT2D eigenvalue weighted by atomic mass is 10.1. The lowest BCUT2D eigenvalue weighted by Gasteiger charge is -2.10. The zero-order valence-corrected chi connectivity index (χ0v) is 14.0. The largest absolute Gasteiger partial charge is 0.495 e. The van der Waals surface area contributed by atoms with Gasteiger partial charge in [0.15, 0.2) is 5.96 Å². The first-order valence-electron chi connectivity index (χ1n) is 7.79. The van der Waals surface area contributed by atoms with E-state index in [0.717, 1.165) is 0 Å².